The van der Waals surface area contributed by atoms with Crippen molar-refractivity contribution >= 4 is 34.8 Å². The molecule has 1 N–H and O–H groups in total. The molecule has 1 atom stereocenters. The molecule has 130 valence electrons. The molecule has 0 aliphatic carbocycles. The number of halogens is 1. The van der Waals surface area contributed by atoms with Gasteiger partial charge >= 0.3 is 0 Å². The van der Waals surface area contributed by atoms with E-state index < -0.39 is 5.92 Å². The molecule has 1 aliphatic rings. The lowest BCUT2D eigenvalue weighted by atomic mass is 10.1. The van der Waals surface area contributed by atoms with Crippen LogP contribution in [0.3, 0.4) is 0 Å². The first-order valence-corrected chi connectivity index (χ1v) is 8.55. The number of hydrogen-bond donors (Lipinski definition) is 1. The lowest BCUT2D eigenvalue weighted by molar-refractivity contribution is -0.122. The van der Waals surface area contributed by atoms with Crippen molar-refractivity contribution in [1.82, 2.24) is 0 Å². The molecule has 3 rings (SSSR count). The topological polar surface area (TPSA) is 58.6 Å². The molecule has 0 spiro atoms. The monoisotopic (exact) mass is 358 g/mol. The normalized spacial score (nSPS) is 16.8. The lowest BCUT2D eigenvalue weighted by Gasteiger charge is -2.20. The van der Waals surface area contributed by atoms with Gasteiger partial charge in [-0.05, 0) is 43.3 Å². The van der Waals surface area contributed by atoms with Gasteiger partial charge in [0.25, 0.3) is 0 Å². The predicted octanol–water partition coefficient (Wildman–Crippen LogP) is 3.73. The first kappa shape index (κ1) is 17.3. The Morgan fingerprint density at radius 3 is 2.68 bits per heavy atom. The smallest absolute Gasteiger partial charge is 0.229 e. The zero-order chi connectivity index (χ0) is 17.8. The predicted molar refractivity (Wildman–Crippen MR) is 98.2 cm³/mol. The number of carbonyl (C=O) groups is 2. The first-order chi connectivity index (χ1) is 12.1. The fraction of sp³-hybridized carbons (Fsp3) is 0.263. The van der Waals surface area contributed by atoms with Gasteiger partial charge in [-0.1, -0.05) is 23.7 Å². The number of benzene rings is 2. The number of para-hydroxylation sites is 2. The van der Waals surface area contributed by atoms with E-state index in [9.17, 15) is 9.59 Å². The van der Waals surface area contributed by atoms with Gasteiger partial charge in [-0.15, -0.1) is 0 Å². The van der Waals surface area contributed by atoms with Gasteiger partial charge < -0.3 is 15.0 Å². The van der Waals surface area contributed by atoms with Crippen LogP contribution in [0.15, 0.2) is 48.5 Å². The fourth-order valence-electron chi connectivity index (χ4n) is 2.85. The average molecular weight is 359 g/mol. The van der Waals surface area contributed by atoms with E-state index in [1.54, 1.807) is 29.2 Å². The summed E-state index contributed by atoms with van der Waals surface area (Å²) in [5.74, 6) is -0.00885. The minimum absolute atomic E-state index is 0.0802. The lowest BCUT2D eigenvalue weighted by Crippen LogP contribution is -2.28. The Labute approximate surface area is 151 Å². The van der Waals surface area contributed by atoms with Gasteiger partial charge in [-0.3, -0.25) is 9.59 Å². The van der Waals surface area contributed by atoms with Crippen molar-refractivity contribution < 1.29 is 14.3 Å². The summed E-state index contributed by atoms with van der Waals surface area (Å²) in [6, 6.07) is 14.3. The number of amides is 2. The molecule has 1 fully saturated rings. The molecule has 0 saturated carbocycles. The second-order valence-corrected chi connectivity index (χ2v) is 6.24. The van der Waals surface area contributed by atoms with Crippen LogP contribution >= 0.6 is 11.6 Å². The standard InChI is InChI=1S/C19H19ClN2O3/c1-2-25-17-6-4-3-5-16(17)22-12-13(11-18(22)23)19(24)21-15-9-7-14(20)8-10-15/h3-10,13H,2,11-12H2,1H3,(H,21,24)/t13-/m0/s1. The van der Waals surface area contributed by atoms with Crippen LogP contribution in [0.5, 0.6) is 5.75 Å². The maximum absolute atomic E-state index is 12.5. The van der Waals surface area contributed by atoms with Crippen molar-refractivity contribution in [3.8, 4) is 5.75 Å². The first-order valence-electron chi connectivity index (χ1n) is 8.17. The van der Waals surface area contributed by atoms with Crippen LogP contribution in [0.1, 0.15) is 13.3 Å². The van der Waals surface area contributed by atoms with Gasteiger partial charge in [-0.2, -0.15) is 0 Å². The van der Waals surface area contributed by atoms with Gasteiger partial charge in [-0.25, -0.2) is 0 Å². The Balaban J connectivity index is 1.72. The van der Waals surface area contributed by atoms with E-state index >= 15 is 0 Å². The van der Waals surface area contributed by atoms with Crippen LogP contribution in [0.4, 0.5) is 11.4 Å². The molecule has 2 amide bonds. The zero-order valence-corrected chi connectivity index (χ0v) is 14.6. The van der Waals surface area contributed by atoms with Gasteiger partial charge in [0.05, 0.1) is 18.2 Å². The van der Waals surface area contributed by atoms with Crippen molar-refractivity contribution in [2.24, 2.45) is 5.92 Å². The van der Waals surface area contributed by atoms with Crippen molar-refractivity contribution in [3.63, 3.8) is 0 Å². The van der Waals surface area contributed by atoms with Crippen LogP contribution in [0.25, 0.3) is 0 Å². The Hall–Kier alpha value is -2.53. The molecule has 6 heteroatoms. The molecule has 0 unspecified atom stereocenters. The molecule has 0 aromatic heterocycles. The third-order valence-electron chi connectivity index (χ3n) is 4.06. The Morgan fingerprint density at radius 2 is 1.96 bits per heavy atom. The van der Waals surface area contributed by atoms with Crippen LogP contribution in [-0.4, -0.2) is 25.0 Å². The van der Waals surface area contributed by atoms with Crippen molar-refractivity contribution in [2.75, 3.05) is 23.4 Å². The second kappa shape index (κ2) is 7.57. The quantitative estimate of drug-likeness (QED) is 0.886. The van der Waals surface area contributed by atoms with E-state index in [0.29, 0.717) is 35.3 Å². The summed E-state index contributed by atoms with van der Waals surface area (Å²) >= 11 is 5.85. The number of nitrogens with one attached hydrogen (secondary N) is 1. The minimum Gasteiger partial charge on any atom is -0.492 e. The Morgan fingerprint density at radius 1 is 1.24 bits per heavy atom. The summed E-state index contributed by atoms with van der Waals surface area (Å²) in [6.45, 7) is 2.74. The number of carbonyl (C=O) groups excluding carboxylic acids is 2. The third-order valence-corrected chi connectivity index (χ3v) is 4.32. The Bertz CT molecular complexity index is 776. The van der Waals surface area contributed by atoms with E-state index in [4.69, 9.17) is 16.3 Å². The zero-order valence-electron chi connectivity index (χ0n) is 13.9. The minimum atomic E-state index is -0.405. The number of anilines is 2. The highest BCUT2D eigenvalue weighted by atomic mass is 35.5. The van der Waals surface area contributed by atoms with E-state index in [1.807, 2.05) is 31.2 Å². The third kappa shape index (κ3) is 3.94. The molecule has 1 heterocycles. The maximum atomic E-state index is 12.5. The van der Waals surface area contributed by atoms with Crippen molar-refractivity contribution in [2.45, 2.75) is 13.3 Å². The molecular weight excluding hydrogens is 340 g/mol. The highest BCUT2D eigenvalue weighted by molar-refractivity contribution is 6.30. The van der Waals surface area contributed by atoms with Gasteiger partial charge in [0.15, 0.2) is 0 Å². The number of hydrogen-bond acceptors (Lipinski definition) is 3. The van der Waals surface area contributed by atoms with Gasteiger partial charge in [0, 0.05) is 23.7 Å². The second-order valence-electron chi connectivity index (χ2n) is 5.80. The molecule has 0 radical (unpaired) electrons. The number of nitrogens with zero attached hydrogens (tertiary/aromatic N) is 1. The largest absolute Gasteiger partial charge is 0.492 e. The summed E-state index contributed by atoms with van der Waals surface area (Å²) in [5, 5.41) is 3.44. The van der Waals surface area contributed by atoms with E-state index in [2.05, 4.69) is 5.32 Å². The number of rotatable bonds is 5. The van der Waals surface area contributed by atoms with Gasteiger partial charge in [0.1, 0.15) is 5.75 Å². The SMILES string of the molecule is CCOc1ccccc1N1C[C@@H](C(=O)Nc2ccc(Cl)cc2)CC1=O. The summed E-state index contributed by atoms with van der Waals surface area (Å²) in [4.78, 5) is 26.5. The molecule has 2 aromatic carbocycles. The molecule has 25 heavy (non-hydrogen) atoms. The summed E-state index contributed by atoms with van der Waals surface area (Å²) in [6.07, 6.45) is 0.180. The molecular formula is C19H19ClN2O3. The maximum Gasteiger partial charge on any atom is 0.229 e. The van der Waals surface area contributed by atoms with Crippen molar-refractivity contribution in [1.29, 1.82) is 0 Å². The fourth-order valence-corrected chi connectivity index (χ4v) is 2.98. The Kier molecular flexibility index (Phi) is 5.24. The van der Waals surface area contributed by atoms with Crippen LogP contribution in [0.2, 0.25) is 5.02 Å². The van der Waals surface area contributed by atoms with Crippen molar-refractivity contribution in [3.05, 3.63) is 53.6 Å². The highest BCUT2D eigenvalue weighted by Crippen LogP contribution is 2.33. The van der Waals surface area contributed by atoms with E-state index in [-0.39, 0.29) is 18.2 Å². The van der Waals surface area contributed by atoms with Crippen LogP contribution in [0, 0.1) is 5.92 Å². The molecule has 1 saturated heterocycles. The number of ether oxygens (including phenoxy) is 1. The highest BCUT2D eigenvalue weighted by Gasteiger charge is 2.36. The summed E-state index contributed by atoms with van der Waals surface area (Å²) < 4.78 is 5.59. The molecule has 5 nitrogen and oxygen atoms in total. The summed E-state index contributed by atoms with van der Waals surface area (Å²) in [5.41, 5.74) is 1.37. The molecule has 2 aromatic rings. The molecule has 1 aliphatic heterocycles. The van der Waals surface area contributed by atoms with E-state index in [0.717, 1.165) is 0 Å². The molecule has 0 bridgehead atoms. The summed E-state index contributed by atoms with van der Waals surface area (Å²) in [7, 11) is 0. The van der Waals surface area contributed by atoms with E-state index in [1.165, 1.54) is 0 Å². The average Bonchev–Trinajstić information content (AvgIpc) is 2.99. The van der Waals surface area contributed by atoms with Crippen LogP contribution < -0.4 is 15.0 Å². The van der Waals surface area contributed by atoms with Crippen LogP contribution in [-0.2, 0) is 9.59 Å². The van der Waals surface area contributed by atoms with Gasteiger partial charge in [0.2, 0.25) is 11.8 Å².